The molecule has 5 rings (SSSR count). The molecule has 3 N–H and O–H groups in total. The molecule has 1 aliphatic rings. The van der Waals surface area contributed by atoms with Crippen LogP contribution in [0.2, 0.25) is 0 Å². The fourth-order valence-corrected chi connectivity index (χ4v) is 7.37. The first-order chi connectivity index (χ1) is 25.3. The molecular weight excluding hydrogens is 717 g/mol. The van der Waals surface area contributed by atoms with Crippen molar-refractivity contribution >= 4 is 69.6 Å². The van der Waals surface area contributed by atoms with Gasteiger partial charge in [0, 0.05) is 33.1 Å². The molecule has 12 nitrogen and oxygen atoms in total. The van der Waals surface area contributed by atoms with Gasteiger partial charge >= 0.3 is 12.1 Å². The summed E-state index contributed by atoms with van der Waals surface area (Å²) in [4.78, 5) is 68.4. The first-order valence-corrected chi connectivity index (χ1v) is 18.4. The van der Waals surface area contributed by atoms with Gasteiger partial charge in [0.1, 0.15) is 22.0 Å². The number of rotatable bonds is 11. The predicted octanol–water partition coefficient (Wildman–Crippen LogP) is 6.98. The Balaban J connectivity index is 1.27. The second-order valence-electron chi connectivity index (χ2n) is 12.8. The molecule has 0 bridgehead atoms. The number of thiophene rings is 1. The average Bonchev–Trinajstić information content (AvgIpc) is 3.50. The number of amides is 4. The van der Waals surface area contributed by atoms with E-state index in [4.69, 9.17) is 14.2 Å². The largest absolute Gasteiger partial charge is 0.496 e. The molecule has 53 heavy (non-hydrogen) atoms. The number of benzene rings is 3. The number of hydrogen-bond acceptors (Lipinski definition) is 10. The quantitative estimate of drug-likeness (QED) is 0.0837. The van der Waals surface area contributed by atoms with Crippen molar-refractivity contribution in [1.82, 2.24) is 10.2 Å². The lowest BCUT2D eigenvalue weighted by molar-refractivity contribution is -0.114. The monoisotopic (exact) mass is 756 g/mol. The Morgan fingerprint density at radius 3 is 2.38 bits per heavy atom. The molecule has 0 saturated heterocycles. The second kappa shape index (κ2) is 17.3. The fraction of sp³-hybridized carbons (Fsp3) is 0.256. The number of carbonyl (C=O) groups excluding carboxylic acids is 5. The van der Waals surface area contributed by atoms with Gasteiger partial charge in [-0.15, -0.1) is 23.1 Å². The third-order valence-electron chi connectivity index (χ3n) is 7.78. The second-order valence-corrected chi connectivity index (χ2v) is 14.9. The van der Waals surface area contributed by atoms with Crippen molar-refractivity contribution in [2.75, 3.05) is 37.2 Å². The highest BCUT2D eigenvalue weighted by atomic mass is 32.2. The smallest absolute Gasteiger partial charge is 0.410 e. The number of esters is 1. The molecule has 0 atom stereocenters. The van der Waals surface area contributed by atoms with Crippen molar-refractivity contribution in [1.29, 1.82) is 0 Å². The van der Waals surface area contributed by atoms with Crippen LogP contribution in [0.25, 0.3) is 6.08 Å². The summed E-state index contributed by atoms with van der Waals surface area (Å²) < 4.78 is 16.0. The molecule has 4 amide bonds. The number of hydrogen-bond donors (Lipinski definition) is 3. The van der Waals surface area contributed by atoms with E-state index in [0.717, 1.165) is 10.4 Å². The highest BCUT2D eigenvalue weighted by molar-refractivity contribution is 8.00. The molecule has 1 aromatic heterocycles. The van der Waals surface area contributed by atoms with E-state index in [1.54, 1.807) is 105 Å². The maximum absolute atomic E-state index is 13.6. The molecule has 0 saturated carbocycles. The Hall–Kier alpha value is -5.60. The number of anilines is 2. The summed E-state index contributed by atoms with van der Waals surface area (Å²) in [5, 5.41) is 8.77. The number of nitrogens with zero attached hydrogens (tertiary/aromatic N) is 1. The summed E-state index contributed by atoms with van der Waals surface area (Å²) in [6.07, 6.45) is 1.50. The van der Waals surface area contributed by atoms with E-state index in [-0.39, 0.29) is 29.5 Å². The zero-order chi connectivity index (χ0) is 38.1. The zero-order valence-corrected chi connectivity index (χ0v) is 31.6. The summed E-state index contributed by atoms with van der Waals surface area (Å²) in [6.45, 7) is 5.99. The summed E-state index contributed by atoms with van der Waals surface area (Å²) in [6, 6.07) is 22.6. The Morgan fingerprint density at radius 1 is 0.925 bits per heavy atom. The van der Waals surface area contributed by atoms with E-state index >= 15 is 0 Å². The molecule has 14 heteroatoms. The van der Waals surface area contributed by atoms with Gasteiger partial charge in [0.2, 0.25) is 5.91 Å². The summed E-state index contributed by atoms with van der Waals surface area (Å²) in [5.74, 6) is -1.44. The molecule has 0 fully saturated rings. The van der Waals surface area contributed by atoms with Crippen molar-refractivity contribution in [2.24, 2.45) is 0 Å². The van der Waals surface area contributed by atoms with Crippen LogP contribution in [0.15, 0.2) is 89.5 Å². The average molecular weight is 757 g/mol. The third-order valence-corrected chi connectivity index (χ3v) is 9.91. The molecule has 3 aromatic carbocycles. The topological polar surface area (TPSA) is 152 Å². The molecule has 1 aliphatic heterocycles. The van der Waals surface area contributed by atoms with Crippen molar-refractivity contribution in [3.8, 4) is 5.75 Å². The highest BCUT2D eigenvalue weighted by Crippen LogP contribution is 2.38. The molecule has 0 aliphatic carbocycles. The number of para-hydroxylation sites is 1. The maximum Gasteiger partial charge on any atom is 0.410 e. The SMILES string of the molecule is COC(=O)c1c(NC(=O)CSc2cccc(NC(=O)/C(=C\c3ccccc3OC)NC(=O)c3ccccc3)c2)sc2c1CCN(C(=O)OC(C)(C)C)C2. The summed E-state index contributed by atoms with van der Waals surface area (Å²) in [5.41, 5.74) is 1.79. The van der Waals surface area contributed by atoms with Crippen molar-refractivity contribution in [2.45, 2.75) is 44.2 Å². The van der Waals surface area contributed by atoms with Crippen LogP contribution >= 0.6 is 23.1 Å². The molecule has 4 aromatic rings. The van der Waals surface area contributed by atoms with E-state index in [2.05, 4.69) is 16.0 Å². The fourth-order valence-electron chi connectivity index (χ4n) is 5.35. The zero-order valence-electron chi connectivity index (χ0n) is 29.9. The Bertz CT molecular complexity index is 2040. The minimum atomic E-state index is -0.650. The van der Waals surface area contributed by atoms with Crippen molar-refractivity contribution in [3.05, 3.63) is 112 Å². The number of fused-ring (bicyclic) bond motifs is 1. The van der Waals surface area contributed by atoms with Gasteiger partial charge < -0.3 is 35.1 Å². The van der Waals surface area contributed by atoms with Crippen LogP contribution in [0, 0.1) is 0 Å². The van der Waals surface area contributed by atoms with Crippen LogP contribution in [0.4, 0.5) is 15.5 Å². The molecule has 276 valence electrons. The normalized spacial score (nSPS) is 12.6. The van der Waals surface area contributed by atoms with Crippen LogP contribution in [-0.4, -0.2) is 66.8 Å². The van der Waals surface area contributed by atoms with Gasteiger partial charge in [-0.2, -0.15) is 0 Å². The van der Waals surface area contributed by atoms with Crippen LogP contribution in [0.1, 0.15) is 57.5 Å². The molecular formula is C39H40N4O8S2. The van der Waals surface area contributed by atoms with E-state index < -0.39 is 29.5 Å². The van der Waals surface area contributed by atoms with Crippen LogP contribution in [0.5, 0.6) is 5.75 Å². The van der Waals surface area contributed by atoms with Crippen molar-refractivity contribution in [3.63, 3.8) is 0 Å². The maximum atomic E-state index is 13.6. The first-order valence-electron chi connectivity index (χ1n) is 16.6. The standard InChI is InChI=1S/C39H40N4O8S2/c1-39(2,3)51-38(48)43-19-18-28-31(22-43)53-36(33(28)37(47)50-5)42-32(44)23-52-27-16-11-15-26(21-27)40-35(46)29(20-25-14-9-10-17-30(25)49-4)41-34(45)24-12-7-6-8-13-24/h6-17,20-21H,18-19,22-23H2,1-5H3,(H,40,46)(H,41,45)(H,42,44)/b29-20+. The van der Waals surface area contributed by atoms with E-state index in [9.17, 15) is 24.0 Å². The third kappa shape index (κ3) is 10.3. The lowest BCUT2D eigenvalue weighted by Gasteiger charge is -2.30. The summed E-state index contributed by atoms with van der Waals surface area (Å²) >= 11 is 2.46. The number of carbonyl (C=O) groups is 5. The van der Waals surface area contributed by atoms with Gasteiger partial charge in [-0.1, -0.05) is 42.5 Å². The lowest BCUT2D eigenvalue weighted by atomic mass is 10.0. The molecule has 0 spiro atoms. The van der Waals surface area contributed by atoms with Crippen LogP contribution in [-0.2, 0) is 32.0 Å². The predicted molar refractivity (Wildman–Crippen MR) is 205 cm³/mol. The van der Waals surface area contributed by atoms with Gasteiger partial charge in [0.05, 0.1) is 32.1 Å². The minimum Gasteiger partial charge on any atom is -0.496 e. The lowest BCUT2D eigenvalue weighted by Crippen LogP contribution is -2.39. The van der Waals surface area contributed by atoms with Gasteiger partial charge in [-0.05, 0) is 75.2 Å². The van der Waals surface area contributed by atoms with E-state index in [1.165, 1.54) is 43.4 Å². The number of ether oxygens (including phenoxy) is 3. The van der Waals surface area contributed by atoms with Gasteiger partial charge in [-0.25, -0.2) is 9.59 Å². The number of methoxy groups -OCH3 is 2. The van der Waals surface area contributed by atoms with E-state index in [0.29, 0.717) is 45.4 Å². The molecule has 0 unspecified atom stereocenters. The Morgan fingerprint density at radius 2 is 1.66 bits per heavy atom. The number of thioether (sulfide) groups is 1. The first kappa shape index (κ1) is 38.6. The van der Waals surface area contributed by atoms with E-state index in [1.807, 2.05) is 0 Å². The molecule has 2 heterocycles. The van der Waals surface area contributed by atoms with Gasteiger partial charge in [0.25, 0.3) is 11.8 Å². The van der Waals surface area contributed by atoms with Gasteiger partial charge in [-0.3, -0.25) is 14.4 Å². The summed E-state index contributed by atoms with van der Waals surface area (Å²) in [7, 11) is 2.80. The van der Waals surface area contributed by atoms with Crippen LogP contribution in [0.3, 0.4) is 0 Å². The molecule has 0 radical (unpaired) electrons. The van der Waals surface area contributed by atoms with Crippen molar-refractivity contribution < 1.29 is 38.2 Å². The van der Waals surface area contributed by atoms with Gasteiger partial charge in [0.15, 0.2) is 0 Å². The Kier molecular flexibility index (Phi) is 12.6. The minimum absolute atomic E-state index is 0.00327. The number of nitrogens with one attached hydrogen (secondary N) is 3. The van der Waals surface area contributed by atoms with Crippen LogP contribution < -0.4 is 20.7 Å². The highest BCUT2D eigenvalue weighted by Gasteiger charge is 2.32. The Labute approximate surface area is 315 Å².